The van der Waals surface area contributed by atoms with E-state index in [1.54, 1.807) is 14.2 Å². The first kappa shape index (κ1) is 21.4. The van der Waals surface area contributed by atoms with E-state index in [1.165, 1.54) is 0 Å². The molecule has 3 saturated carbocycles. The van der Waals surface area contributed by atoms with Gasteiger partial charge in [-0.15, -0.1) is 0 Å². The molecule has 31 heavy (non-hydrogen) atoms. The molecule has 10 nitrogen and oxygen atoms in total. The summed E-state index contributed by atoms with van der Waals surface area (Å²) >= 11 is 0. The van der Waals surface area contributed by atoms with Crippen molar-refractivity contribution in [2.24, 2.45) is 40.6 Å². The van der Waals surface area contributed by atoms with Crippen molar-refractivity contribution in [3.8, 4) is 0 Å². The van der Waals surface area contributed by atoms with Crippen molar-refractivity contribution >= 4 is 5.97 Å². The standard InChI is InChI=1S/C21H31N3O7/c1-27-15-3-9(4-16(28-2)20(15)25)17-10-5-13-14(31-8-30-13)6-11(10)19(23-24-22)12-7-29-21(26)18(12)17/h9-20,25H,3-8H2,1-2H3/t9?,10?,11?,12-,13?,14?,15?,16?,17+,18-,19+,20?/m0/s1. The fraction of sp³-hybridized carbons (Fsp3) is 0.952. The van der Waals surface area contributed by atoms with Crippen molar-refractivity contribution in [1.82, 2.24) is 0 Å². The first-order valence-electron chi connectivity index (χ1n) is 11.2. The van der Waals surface area contributed by atoms with Gasteiger partial charge in [-0.25, -0.2) is 0 Å². The molecule has 0 bridgehead atoms. The highest BCUT2D eigenvalue weighted by Gasteiger charge is 2.61. The molecule has 10 heteroatoms. The lowest BCUT2D eigenvalue weighted by Gasteiger charge is -2.54. The highest BCUT2D eigenvalue weighted by atomic mass is 16.7. The highest BCUT2D eigenvalue weighted by molar-refractivity contribution is 5.75. The van der Waals surface area contributed by atoms with Gasteiger partial charge >= 0.3 is 5.97 Å². The first-order valence-corrected chi connectivity index (χ1v) is 11.2. The lowest BCUT2D eigenvalue weighted by atomic mass is 9.51. The van der Waals surface area contributed by atoms with E-state index in [0.29, 0.717) is 12.8 Å². The van der Waals surface area contributed by atoms with Crippen LogP contribution in [0, 0.1) is 35.5 Å². The number of esters is 1. The summed E-state index contributed by atoms with van der Waals surface area (Å²) in [5, 5.41) is 14.8. The zero-order valence-electron chi connectivity index (χ0n) is 17.9. The van der Waals surface area contributed by atoms with Crippen LogP contribution >= 0.6 is 0 Å². The summed E-state index contributed by atoms with van der Waals surface area (Å²) in [7, 11) is 3.21. The molecule has 0 amide bonds. The predicted octanol–water partition coefficient (Wildman–Crippen LogP) is 1.65. The van der Waals surface area contributed by atoms with Crippen molar-refractivity contribution < 1.29 is 33.6 Å². The SMILES string of the molecule is COC1CC([C@@H]2C3CC4OCOC4CC3[C@@H](N=[N+]=[N-])[C@H]3COC(=O)[C@H]23)CC(OC)C1O. The van der Waals surface area contributed by atoms with E-state index in [9.17, 15) is 15.4 Å². The first-order chi connectivity index (χ1) is 15.1. The molecule has 1 N–H and O–H groups in total. The number of ether oxygens (including phenoxy) is 5. The summed E-state index contributed by atoms with van der Waals surface area (Å²) in [5.41, 5.74) is 9.27. The second-order valence-electron chi connectivity index (χ2n) is 9.69. The fourth-order valence-electron chi connectivity index (χ4n) is 7.35. The second-order valence-corrected chi connectivity index (χ2v) is 9.69. The molecule has 2 aliphatic heterocycles. The topological polar surface area (TPSA) is 132 Å². The van der Waals surface area contributed by atoms with Crippen molar-refractivity contribution in [2.45, 2.75) is 62.2 Å². The third-order valence-electron chi connectivity index (χ3n) is 8.64. The van der Waals surface area contributed by atoms with Crippen LogP contribution in [0.2, 0.25) is 0 Å². The van der Waals surface area contributed by atoms with E-state index in [-0.39, 0.29) is 85.3 Å². The largest absolute Gasteiger partial charge is 0.465 e. The molecule has 0 aromatic carbocycles. The van der Waals surface area contributed by atoms with Crippen molar-refractivity contribution in [3.05, 3.63) is 10.4 Å². The lowest BCUT2D eigenvalue weighted by molar-refractivity contribution is -0.161. The second kappa shape index (κ2) is 8.50. The molecular formula is C21H31N3O7. The number of hydrogen-bond acceptors (Lipinski definition) is 8. The Morgan fingerprint density at radius 2 is 1.68 bits per heavy atom. The van der Waals surface area contributed by atoms with Crippen LogP contribution in [0.25, 0.3) is 10.4 Å². The van der Waals surface area contributed by atoms with Gasteiger partial charge < -0.3 is 28.8 Å². The third kappa shape index (κ3) is 3.44. The van der Waals surface area contributed by atoms with Crippen molar-refractivity contribution in [3.63, 3.8) is 0 Å². The number of methoxy groups -OCH3 is 2. The smallest absolute Gasteiger partial charge is 0.309 e. The van der Waals surface area contributed by atoms with E-state index in [1.807, 2.05) is 0 Å². The molecule has 0 spiro atoms. The average Bonchev–Trinajstić information content (AvgIpc) is 3.39. The summed E-state index contributed by atoms with van der Waals surface area (Å²) in [5.74, 6) is -0.272. The van der Waals surface area contributed by atoms with Gasteiger partial charge in [0, 0.05) is 31.1 Å². The summed E-state index contributed by atoms with van der Waals surface area (Å²) in [6.45, 7) is 0.572. The molecule has 2 heterocycles. The number of carbonyl (C=O) groups is 1. The Balaban J connectivity index is 1.52. The summed E-state index contributed by atoms with van der Waals surface area (Å²) < 4.78 is 28.4. The zero-order valence-corrected chi connectivity index (χ0v) is 17.9. The number of aliphatic hydroxyl groups is 1. The van der Waals surface area contributed by atoms with E-state index < -0.39 is 6.10 Å². The molecule has 0 aromatic heterocycles. The van der Waals surface area contributed by atoms with Crippen LogP contribution in [0.4, 0.5) is 0 Å². The number of azide groups is 1. The molecule has 172 valence electrons. The summed E-state index contributed by atoms with van der Waals surface area (Å²) in [6.07, 6.45) is 1.42. The van der Waals surface area contributed by atoms with Gasteiger partial charge in [0.15, 0.2) is 0 Å². The number of carbonyl (C=O) groups excluding carboxylic acids is 1. The Bertz CT molecular complexity index is 732. The Morgan fingerprint density at radius 3 is 2.29 bits per heavy atom. The maximum Gasteiger partial charge on any atom is 0.309 e. The van der Waals surface area contributed by atoms with Crippen LogP contribution in [0.3, 0.4) is 0 Å². The molecule has 3 aliphatic carbocycles. The van der Waals surface area contributed by atoms with Gasteiger partial charge in [0.2, 0.25) is 0 Å². The normalized spacial score (nSPS) is 51.3. The van der Waals surface area contributed by atoms with Gasteiger partial charge in [0.05, 0.1) is 36.9 Å². The molecule has 2 saturated heterocycles. The minimum absolute atomic E-state index is 0.000471. The molecule has 5 aliphatic rings. The minimum Gasteiger partial charge on any atom is -0.465 e. The van der Waals surface area contributed by atoms with E-state index in [2.05, 4.69) is 10.0 Å². The lowest BCUT2D eigenvalue weighted by Crippen LogP contribution is -2.58. The van der Waals surface area contributed by atoms with Crippen LogP contribution in [0.5, 0.6) is 0 Å². The Labute approximate surface area is 181 Å². The van der Waals surface area contributed by atoms with Gasteiger partial charge in [-0.3, -0.25) is 4.79 Å². The zero-order chi connectivity index (χ0) is 21.7. The Morgan fingerprint density at radius 1 is 1.03 bits per heavy atom. The van der Waals surface area contributed by atoms with Gasteiger partial charge in [0.1, 0.15) is 12.9 Å². The number of cyclic esters (lactones) is 1. The predicted molar refractivity (Wildman–Crippen MR) is 106 cm³/mol. The summed E-state index contributed by atoms with van der Waals surface area (Å²) in [6, 6.07) is -0.293. The third-order valence-corrected chi connectivity index (χ3v) is 8.64. The number of rotatable bonds is 4. The molecule has 10 atom stereocenters. The van der Waals surface area contributed by atoms with Crippen molar-refractivity contribution in [1.29, 1.82) is 0 Å². The molecule has 6 unspecified atom stereocenters. The van der Waals surface area contributed by atoms with Crippen LogP contribution in [0.1, 0.15) is 25.7 Å². The minimum atomic E-state index is -0.699. The van der Waals surface area contributed by atoms with E-state index >= 15 is 0 Å². The summed E-state index contributed by atoms with van der Waals surface area (Å²) in [4.78, 5) is 16.1. The molecule has 0 radical (unpaired) electrons. The maximum absolute atomic E-state index is 13.0. The van der Waals surface area contributed by atoms with Crippen LogP contribution in [-0.4, -0.2) is 75.3 Å². The quantitative estimate of drug-likeness (QED) is 0.306. The number of hydrogen-bond donors (Lipinski definition) is 1. The number of aliphatic hydroxyl groups excluding tert-OH is 1. The van der Waals surface area contributed by atoms with E-state index in [0.717, 1.165) is 12.8 Å². The molecule has 5 fully saturated rings. The van der Waals surface area contributed by atoms with Gasteiger partial charge in [-0.1, -0.05) is 5.11 Å². The Hall–Kier alpha value is -1.42. The monoisotopic (exact) mass is 437 g/mol. The highest BCUT2D eigenvalue weighted by Crippen LogP contribution is 2.57. The average molecular weight is 437 g/mol. The van der Waals surface area contributed by atoms with Crippen LogP contribution in [-0.2, 0) is 28.5 Å². The fourth-order valence-corrected chi connectivity index (χ4v) is 7.35. The van der Waals surface area contributed by atoms with Gasteiger partial charge in [0.25, 0.3) is 0 Å². The maximum atomic E-state index is 13.0. The van der Waals surface area contributed by atoms with Crippen LogP contribution < -0.4 is 0 Å². The van der Waals surface area contributed by atoms with Crippen LogP contribution in [0.15, 0.2) is 5.11 Å². The molecular weight excluding hydrogens is 406 g/mol. The van der Waals surface area contributed by atoms with Crippen molar-refractivity contribution in [2.75, 3.05) is 27.6 Å². The number of nitrogens with zero attached hydrogens (tertiary/aromatic N) is 3. The van der Waals surface area contributed by atoms with E-state index in [4.69, 9.17) is 23.7 Å². The van der Waals surface area contributed by atoms with Gasteiger partial charge in [-0.05, 0) is 54.9 Å². The molecule has 5 rings (SSSR count). The Kier molecular flexibility index (Phi) is 5.87. The van der Waals surface area contributed by atoms with Gasteiger partial charge in [-0.2, -0.15) is 0 Å². The number of fused-ring (bicyclic) bond motifs is 3. The molecule has 0 aromatic rings.